The minimum Gasteiger partial charge on any atom is -0.341 e. The molecule has 1 amide bonds. The molecule has 1 aromatic heterocycles. The molecule has 2 heterocycles. The number of H-pyrrole nitrogens is 1. The Morgan fingerprint density at radius 3 is 3.19 bits per heavy atom. The van der Waals surface area contributed by atoms with Crippen LogP contribution in [0.1, 0.15) is 25.5 Å². The van der Waals surface area contributed by atoms with E-state index in [2.05, 4.69) is 22.4 Å². The number of hydrogen-bond acceptors (Lipinski definition) is 3. The van der Waals surface area contributed by atoms with Gasteiger partial charge in [0.2, 0.25) is 5.91 Å². The molecule has 1 aliphatic rings. The van der Waals surface area contributed by atoms with Gasteiger partial charge in [-0.15, -0.1) is 0 Å². The van der Waals surface area contributed by atoms with Gasteiger partial charge in [-0.3, -0.25) is 9.89 Å². The molecule has 0 spiro atoms. The number of carbonyl (C=O) groups is 1. The molecule has 0 radical (unpaired) electrons. The Morgan fingerprint density at radius 1 is 1.69 bits per heavy atom. The van der Waals surface area contributed by atoms with Crippen LogP contribution < -0.4 is 5.32 Å². The Hall–Kier alpha value is -1.36. The smallest absolute Gasteiger partial charge is 0.222 e. The van der Waals surface area contributed by atoms with Gasteiger partial charge in [0.1, 0.15) is 0 Å². The molecule has 1 atom stereocenters. The molecule has 0 aliphatic carbocycles. The summed E-state index contributed by atoms with van der Waals surface area (Å²) in [6.07, 6.45) is 3.46. The summed E-state index contributed by atoms with van der Waals surface area (Å²) in [7, 11) is 0. The zero-order valence-corrected chi connectivity index (χ0v) is 9.57. The first-order valence-corrected chi connectivity index (χ1v) is 5.75. The molecular weight excluding hydrogens is 204 g/mol. The van der Waals surface area contributed by atoms with Gasteiger partial charge in [0.25, 0.3) is 0 Å². The van der Waals surface area contributed by atoms with E-state index in [0.29, 0.717) is 12.5 Å². The minimum absolute atomic E-state index is 0.287. The molecule has 1 aliphatic heterocycles. The number of nitrogens with zero attached hydrogens (tertiary/aromatic N) is 2. The molecule has 16 heavy (non-hydrogen) atoms. The maximum Gasteiger partial charge on any atom is 0.222 e. The Balaban J connectivity index is 1.72. The molecule has 1 unspecified atom stereocenters. The van der Waals surface area contributed by atoms with Crippen molar-refractivity contribution in [3.63, 3.8) is 0 Å². The van der Waals surface area contributed by atoms with Gasteiger partial charge in [-0.1, -0.05) is 0 Å². The molecule has 1 fully saturated rings. The summed E-state index contributed by atoms with van der Waals surface area (Å²) in [5.41, 5.74) is 1.07. The first-order valence-electron chi connectivity index (χ1n) is 5.75. The molecule has 0 aromatic carbocycles. The second kappa shape index (κ2) is 5.12. The second-order valence-corrected chi connectivity index (χ2v) is 4.31. The first kappa shape index (κ1) is 11.1. The molecule has 1 saturated heterocycles. The van der Waals surface area contributed by atoms with Gasteiger partial charge in [0, 0.05) is 44.0 Å². The molecule has 2 N–H and O–H groups in total. The Morgan fingerprint density at radius 2 is 2.56 bits per heavy atom. The van der Waals surface area contributed by atoms with Crippen molar-refractivity contribution >= 4 is 5.91 Å². The number of hydrogen-bond donors (Lipinski definition) is 2. The van der Waals surface area contributed by atoms with Crippen LogP contribution in [0.2, 0.25) is 0 Å². The zero-order chi connectivity index (χ0) is 11.4. The molecule has 5 heteroatoms. The summed E-state index contributed by atoms with van der Waals surface area (Å²) in [5.74, 6) is 0.287. The third-order valence-corrected chi connectivity index (χ3v) is 2.87. The standard InChI is InChI=1S/C11H18N4O/c1-9(8-15-6-2-3-11(15)16)12-7-10-4-5-13-14-10/h4-5,9,12H,2-3,6-8H2,1H3,(H,13,14). The van der Waals surface area contributed by atoms with Gasteiger partial charge < -0.3 is 10.2 Å². The van der Waals surface area contributed by atoms with E-state index in [0.717, 1.165) is 31.7 Å². The van der Waals surface area contributed by atoms with Crippen LogP contribution >= 0.6 is 0 Å². The van der Waals surface area contributed by atoms with Crippen molar-refractivity contribution < 1.29 is 4.79 Å². The number of likely N-dealkylation sites (tertiary alicyclic amines) is 1. The van der Waals surface area contributed by atoms with E-state index < -0.39 is 0 Å². The van der Waals surface area contributed by atoms with Crippen LogP contribution in [0, 0.1) is 0 Å². The molecule has 88 valence electrons. The largest absolute Gasteiger partial charge is 0.341 e. The van der Waals surface area contributed by atoms with Gasteiger partial charge in [-0.25, -0.2) is 0 Å². The lowest BCUT2D eigenvalue weighted by molar-refractivity contribution is -0.127. The number of aromatic amines is 1. The fourth-order valence-corrected chi connectivity index (χ4v) is 1.96. The molecule has 0 saturated carbocycles. The number of nitrogens with one attached hydrogen (secondary N) is 2. The van der Waals surface area contributed by atoms with Crippen LogP contribution in [0.4, 0.5) is 0 Å². The highest BCUT2D eigenvalue weighted by Gasteiger charge is 2.21. The van der Waals surface area contributed by atoms with Crippen LogP contribution in [0.5, 0.6) is 0 Å². The van der Waals surface area contributed by atoms with Crippen LogP contribution in [0.3, 0.4) is 0 Å². The van der Waals surface area contributed by atoms with Crippen LogP contribution in [-0.4, -0.2) is 40.1 Å². The fourth-order valence-electron chi connectivity index (χ4n) is 1.96. The summed E-state index contributed by atoms with van der Waals surface area (Å²) in [6.45, 7) is 4.58. The maximum atomic E-state index is 11.4. The normalized spacial score (nSPS) is 18.1. The fraction of sp³-hybridized carbons (Fsp3) is 0.636. The average molecular weight is 222 g/mol. The van der Waals surface area contributed by atoms with E-state index in [-0.39, 0.29) is 5.91 Å². The van der Waals surface area contributed by atoms with E-state index >= 15 is 0 Å². The molecule has 2 rings (SSSR count). The van der Waals surface area contributed by atoms with Gasteiger partial charge in [0.15, 0.2) is 0 Å². The predicted molar refractivity (Wildman–Crippen MR) is 60.7 cm³/mol. The maximum absolute atomic E-state index is 11.4. The Bertz CT molecular complexity index is 336. The van der Waals surface area contributed by atoms with Crippen LogP contribution in [-0.2, 0) is 11.3 Å². The SMILES string of the molecule is CC(CN1CCCC1=O)NCc1ccn[nH]1. The number of carbonyl (C=O) groups excluding carboxylic acids is 1. The van der Waals surface area contributed by atoms with Crippen LogP contribution in [0.15, 0.2) is 12.3 Å². The van der Waals surface area contributed by atoms with E-state index in [1.54, 1.807) is 6.20 Å². The first-order chi connectivity index (χ1) is 7.75. The highest BCUT2D eigenvalue weighted by Crippen LogP contribution is 2.09. The summed E-state index contributed by atoms with van der Waals surface area (Å²) in [5, 5.41) is 10.2. The van der Waals surface area contributed by atoms with E-state index in [9.17, 15) is 4.79 Å². The predicted octanol–water partition coefficient (Wildman–Crippen LogP) is 0.510. The second-order valence-electron chi connectivity index (χ2n) is 4.31. The highest BCUT2D eigenvalue weighted by atomic mass is 16.2. The monoisotopic (exact) mass is 222 g/mol. The minimum atomic E-state index is 0.287. The summed E-state index contributed by atoms with van der Waals surface area (Å²) in [6, 6.07) is 2.26. The van der Waals surface area contributed by atoms with Crippen LogP contribution in [0.25, 0.3) is 0 Å². The average Bonchev–Trinajstić information content (AvgIpc) is 2.88. The van der Waals surface area contributed by atoms with Crippen molar-refractivity contribution in [2.75, 3.05) is 13.1 Å². The lowest BCUT2D eigenvalue weighted by Crippen LogP contribution is -2.39. The molecule has 1 aromatic rings. The Labute approximate surface area is 95.2 Å². The molecule has 5 nitrogen and oxygen atoms in total. The lowest BCUT2D eigenvalue weighted by atomic mass is 10.3. The quantitative estimate of drug-likeness (QED) is 0.763. The third-order valence-electron chi connectivity index (χ3n) is 2.87. The van der Waals surface area contributed by atoms with E-state index in [4.69, 9.17) is 0 Å². The van der Waals surface area contributed by atoms with E-state index in [1.165, 1.54) is 0 Å². The lowest BCUT2D eigenvalue weighted by Gasteiger charge is -2.21. The van der Waals surface area contributed by atoms with Gasteiger partial charge in [-0.05, 0) is 19.4 Å². The van der Waals surface area contributed by atoms with Gasteiger partial charge in [0.05, 0.1) is 0 Å². The summed E-state index contributed by atoms with van der Waals surface area (Å²) < 4.78 is 0. The number of amides is 1. The van der Waals surface area contributed by atoms with Gasteiger partial charge in [-0.2, -0.15) is 5.10 Å². The van der Waals surface area contributed by atoms with Crippen molar-refractivity contribution in [1.82, 2.24) is 20.4 Å². The van der Waals surface area contributed by atoms with Crippen molar-refractivity contribution in [2.45, 2.75) is 32.4 Å². The number of aromatic nitrogens is 2. The Kier molecular flexibility index (Phi) is 3.56. The van der Waals surface area contributed by atoms with Crippen molar-refractivity contribution in [3.8, 4) is 0 Å². The van der Waals surface area contributed by atoms with E-state index in [1.807, 2.05) is 11.0 Å². The topological polar surface area (TPSA) is 61.0 Å². The summed E-state index contributed by atoms with van der Waals surface area (Å²) >= 11 is 0. The van der Waals surface area contributed by atoms with Crippen molar-refractivity contribution in [3.05, 3.63) is 18.0 Å². The third kappa shape index (κ3) is 2.82. The zero-order valence-electron chi connectivity index (χ0n) is 9.57. The molecule has 0 bridgehead atoms. The number of rotatable bonds is 5. The van der Waals surface area contributed by atoms with Crippen molar-refractivity contribution in [2.24, 2.45) is 0 Å². The van der Waals surface area contributed by atoms with Gasteiger partial charge >= 0.3 is 0 Å². The molecular formula is C11H18N4O. The highest BCUT2D eigenvalue weighted by molar-refractivity contribution is 5.78. The summed E-state index contributed by atoms with van der Waals surface area (Å²) in [4.78, 5) is 13.4. The van der Waals surface area contributed by atoms with Crippen molar-refractivity contribution in [1.29, 1.82) is 0 Å².